The van der Waals surface area contributed by atoms with Gasteiger partial charge in [-0.3, -0.25) is 4.79 Å². The zero-order valence-electron chi connectivity index (χ0n) is 18.0. The fourth-order valence-electron chi connectivity index (χ4n) is 4.91. The van der Waals surface area contributed by atoms with Crippen LogP contribution in [0.5, 0.6) is 5.75 Å². The molecule has 0 radical (unpaired) electrons. The van der Waals surface area contributed by atoms with E-state index in [1.165, 1.54) is 9.87 Å². The number of para-hydroxylation sites is 1. The van der Waals surface area contributed by atoms with E-state index < -0.39 is 10.0 Å². The number of aryl methyl sites for hydroxylation is 2. The molecule has 1 aliphatic carbocycles. The van der Waals surface area contributed by atoms with Crippen LogP contribution in [0.25, 0.3) is 0 Å². The number of carbonyl (C=O) groups is 1. The van der Waals surface area contributed by atoms with Gasteiger partial charge < -0.3 is 9.64 Å². The van der Waals surface area contributed by atoms with E-state index in [1.807, 2.05) is 31.2 Å². The van der Waals surface area contributed by atoms with Crippen molar-refractivity contribution in [3.63, 3.8) is 0 Å². The van der Waals surface area contributed by atoms with Crippen molar-refractivity contribution < 1.29 is 17.9 Å². The number of fused-ring (bicyclic) bond motifs is 2. The molecule has 5 rings (SSSR count). The van der Waals surface area contributed by atoms with Gasteiger partial charge in [0.15, 0.2) is 0 Å². The lowest BCUT2D eigenvalue weighted by molar-refractivity contribution is 0.0692. The normalized spacial score (nSPS) is 23.4. The Balaban J connectivity index is 1.31. The summed E-state index contributed by atoms with van der Waals surface area (Å²) in [5.74, 6) is 0.838. The predicted octanol–water partition coefficient (Wildman–Crippen LogP) is 3.21. The van der Waals surface area contributed by atoms with Crippen LogP contribution in [-0.4, -0.2) is 55.8 Å². The maximum atomic E-state index is 13.2. The molecule has 2 heterocycles. The fraction of sp³-hybridized carbons (Fsp3) is 0.458. The van der Waals surface area contributed by atoms with Crippen molar-refractivity contribution >= 4 is 15.9 Å². The van der Waals surface area contributed by atoms with Crippen LogP contribution in [0, 0.1) is 0 Å². The second-order valence-electron chi connectivity index (χ2n) is 8.82. The zero-order chi connectivity index (χ0) is 21.8. The Morgan fingerprint density at radius 3 is 2.52 bits per heavy atom. The molecule has 1 amide bonds. The molecule has 2 aromatic rings. The molecule has 2 aliphatic heterocycles. The summed E-state index contributed by atoms with van der Waals surface area (Å²) in [7, 11) is -3.55. The van der Waals surface area contributed by atoms with E-state index in [2.05, 4.69) is 6.92 Å². The molecule has 0 N–H and O–H groups in total. The summed E-state index contributed by atoms with van der Waals surface area (Å²) >= 11 is 0. The van der Waals surface area contributed by atoms with Gasteiger partial charge in [-0.15, -0.1) is 0 Å². The first-order valence-electron chi connectivity index (χ1n) is 11.1. The average molecular weight is 441 g/mol. The Morgan fingerprint density at radius 2 is 1.74 bits per heavy atom. The van der Waals surface area contributed by atoms with Crippen LogP contribution in [0.1, 0.15) is 53.2 Å². The highest BCUT2D eigenvalue weighted by Gasteiger charge is 2.35. The topological polar surface area (TPSA) is 66.9 Å². The standard InChI is InChI=1S/C24H28N2O4S/c1-16-17(2)30-23-21(16)7-4-8-22(23)24(27)25-11-13-26(14-12-25)31(28,29)20-10-9-18-5-3-6-19(18)15-20/h4,7-10,15-17H,3,5-6,11-14H2,1-2H3/t16-,17-/m1/s1. The molecule has 3 aliphatic rings. The summed E-state index contributed by atoms with van der Waals surface area (Å²) < 4.78 is 33.8. The van der Waals surface area contributed by atoms with Gasteiger partial charge >= 0.3 is 0 Å². The number of carbonyl (C=O) groups excluding carboxylic acids is 1. The maximum absolute atomic E-state index is 13.2. The van der Waals surface area contributed by atoms with Crippen LogP contribution in [0.4, 0.5) is 0 Å². The third kappa shape index (κ3) is 3.44. The van der Waals surface area contributed by atoms with E-state index in [0.29, 0.717) is 42.4 Å². The highest BCUT2D eigenvalue weighted by molar-refractivity contribution is 7.89. The highest BCUT2D eigenvalue weighted by Crippen LogP contribution is 2.40. The van der Waals surface area contributed by atoms with Crippen molar-refractivity contribution in [1.82, 2.24) is 9.21 Å². The fourth-order valence-corrected chi connectivity index (χ4v) is 6.39. The number of piperazine rings is 1. The molecule has 0 bridgehead atoms. The molecule has 2 atom stereocenters. The maximum Gasteiger partial charge on any atom is 0.257 e. The molecule has 0 unspecified atom stereocenters. The lowest BCUT2D eigenvalue weighted by Gasteiger charge is -2.34. The van der Waals surface area contributed by atoms with Crippen molar-refractivity contribution in [3.05, 3.63) is 58.7 Å². The molecule has 1 saturated heterocycles. The second-order valence-corrected chi connectivity index (χ2v) is 10.8. The van der Waals surface area contributed by atoms with Crippen molar-refractivity contribution in [2.24, 2.45) is 0 Å². The lowest BCUT2D eigenvalue weighted by atomic mass is 9.96. The molecule has 0 spiro atoms. The van der Waals surface area contributed by atoms with Gasteiger partial charge in [-0.25, -0.2) is 8.42 Å². The average Bonchev–Trinajstić information content (AvgIpc) is 3.37. The molecule has 0 aromatic heterocycles. The number of rotatable bonds is 3. The van der Waals surface area contributed by atoms with Crippen molar-refractivity contribution in [3.8, 4) is 5.75 Å². The number of ether oxygens (including phenoxy) is 1. The number of nitrogens with zero attached hydrogens (tertiary/aromatic N) is 2. The lowest BCUT2D eigenvalue weighted by Crippen LogP contribution is -2.50. The first-order valence-corrected chi connectivity index (χ1v) is 12.5. The SMILES string of the molecule is C[C@H]1Oc2c(C(=O)N3CCN(S(=O)(=O)c4ccc5c(c4)CCC5)CC3)cccc2[C@@H]1C. The Kier molecular flexibility index (Phi) is 5.06. The van der Waals surface area contributed by atoms with E-state index in [1.54, 1.807) is 17.0 Å². The van der Waals surface area contributed by atoms with Crippen LogP contribution in [0.3, 0.4) is 0 Å². The van der Waals surface area contributed by atoms with E-state index in [9.17, 15) is 13.2 Å². The van der Waals surface area contributed by atoms with E-state index >= 15 is 0 Å². The van der Waals surface area contributed by atoms with Gasteiger partial charge in [-0.05, 0) is 55.5 Å². The number of hydrogen-bond donors (Lipinski definition) is 0. The van der Waals surface area contributed by atoms with Crippen molar-refractivity contribution in [2.75, 3.05) is 26.2 Å². The molecule has 31 heavy (non-hydrogen) atoms. The summed E-state index contributed by atoms with van der Waals surface area (Å²) in [5.41, 5.74) is 4.05. The van der Waals surface area contributed by atoms with Gasteiger partial charge in [-0.2, -0.15) is 4.31 Å². The van der Waals surface area contributed by atoms with Gasteiger partial charge in [0.25, 0.3) is 5.91 Å². The van der Waals surface area contributed by atoms with Gasteiger partial charge in [0.2, 0.25) is 10.0 Å². The monoisotopic (exact) mass is 440 g/mol. The van der Waals surface area contributed by atoms with Gasteiger partial charge in [0.05, 0.1) is 10.5 Å². The minimum absolute atomic E-state index is 0.0401. The summed E-state index contributed by atoms with van der Waals surface area (Å²) in [5, 5.41) is 0. The van der Waals surface area contributed by atoms with Crippen molar-refractivity contribution in [1.29, 1.82) is 0 Å². The van der Waals surface area contributed by atoms with Gasteiger partial charge in [0.1, 0.15) is 11.9 Å². The Bertz CT molecular complexity index is 1140. The first kappa shape index (κ1) is 20.5. The molecular formula is C24H28N2O4S. The third-order valence-electron chi connectivity index (χ3n) is 7.01. The number of hydrogen-bond acceptors (Lipinski definition) is 4. The molecule has 2 aromatic carbocycles. The van der Waals surface area contributed by atoms with Crippen LogP contribution >= 0.6 is 0 Å². The molecule has 7 heteroatoms. The smallest absolute Gasteiger partial charge is 0.257 e. The summed E-state index contributed by atoms with van der Waals surface area (Å²) in [4.78, 5) is 15.3. The van der Waals surface area contributed by atoms with Crippen LogP contribution < -0.4 is 4.74 Å². The van der Waals surface area contributed by atoms with Gasteiger partial charge in [-0.1, -0.05) is 25.1 Å². The number of amides is 1. The summed E-state index contributed by atoms with van der Waals surface area (Å²) in [6, 6.07) is 11.2. The van der Waals surface area contributed by atoms with Gasteiger partial charge in [0, 0.05) is 37.7 Å². The molecule has 6 nitrogen and oxygen atoms in total. The molecule has 1 fully saturated rings. The van der Waals surface area contributed by atoms with Crippen LogP contribution in [-0.2, 0) is 22.9 Å². The van der Waals surface area contributed by atoms with E-state index in [-0.39, 0.29) is 17.9 Å². The Morgan fingerprint density at radius 1 is 1.00 bits per heavy atom. The number of sulfonamides is 1. The predicted molar refractivity (Wildman–Crippen MR) is 118 cm³/mol. The minimum atomic E-state index is -3.55. The van der Waals surface area contributed by atoms with Crippen LogP contribution in [0.2, 0.25) is 0 Å². The van der Waals surface area contributed by atoms with Crippen LogP contribution in [0.15, 0.2) is 41.3 Å². The van der Waals surface area contributed by atoms with E-state index in [0.717, 1.165) is 30.4 Å². The first-order chi connectivity index (χ1) is 14.9. The molecule has 0 saturated carbocycles. The quantitative estimate of drug-likeness (QED) is 0.735. The third-order valence-corrected chi connectivity index (χ3v) is 8.90. The van der Waals surface area contributed by atoms with E-state index in [4.69, 9.17) is 4.74 Å². The molecule has 164 valence electrons. The van der Waals surface area contributed by atoms with Crippen molar-refractivity contribution in [2.45, 2.75) is 50.0 Å². The highest BCUT2D eigenvalue weighted by atomic mass is 32.2. The Labute approximate surface area is 183 Å². The zero-order valence-corrected chi connectivity index (χ0v) is 18.8. The number of benzene rings is 2. The Hall–Kier alpha value is -2.38. The minimum Gasteiger partial charge on any atom is -0.489 e. The molecular weight excluding hydrogens is 412 g/mol. The summed E-state index contributed by atoms with van der Waals surface area (Å²) in [6.07, 6.45) is 3.10. The summed E-state index contributed by atoms with van der Waals surface area (Å²) in [6.45, 7) is 5.46. The largest absolute Gasteiger partial charge is 0.489 e. The second kappa shape index (κ2) is 7.64.